The molecule has 0 aliphatic carbocycles. The molecule has 2 heteroatoms. The van der Waals surface area contributed by atoms with E-state index in [0.717, 1.165) is 26.1 Å². The molecule has 0 amide bonds. The number of alkyl halides is 1. The van der Waals surface area contributed by atoms with E-state index in [1.54, 1.807) is 0 Å². The maximum Gasteiger partial charge on any atom is 0.0611 e. The molecule has 1 aromatic carbocycles. The molecule has 0 bridgehead atoms. The monoisotopic (exact) mass is 268 g/mol. The number of halogens is 1. The lowest BCUT2D eigenvalue weighted by Gasteiger charge is -2.18. The van der Waals surface area contributed by atoms with Crippen LogP contribution < -0.4 is 0 Å². The Morgan fingerprint density at radius 3 is 2.22 bits per heavy atom. The summed E-state index contributed by atoms with van der Waals surface area (Å²) in [5, 5.41) is 0.0832. The Balaban J connectivity index is 2.22. The summed E-state index contributed by atoms with van der Waals surface area (Å²) < 4.78 is 5.64. The summed E-state index contributed by atoms with van der Waals surface area (Å²) in [5.74, 6) is 1.15. The molecule has 0 aliphatic heterocycles. The van der Waals surface area contributed by atoms with Crippen molar-refractivity contribution in [2.75, 3.05) is 13.2 Å². The highest BCUT2D eigenvalue weighted by Gasteiger charge is 2.15. The second-order valence-electron chi connectivity index (χ2n) is 5.37. The summed E-state index contributed by atoms with van der Waals surface area (Å²) in [4.78, 5) is 0. The van der Waals surface area contributed by atoms with Gasteiger partial charge in [-0.2, -0.15) is 0 Å². The van der Waals surface area contributed by atoms with Crippen LogP contribution in [0.15, 0.2) is 30.3 Å². The van der Waals surface area contributed by atoms with Crippen molar-refractivity contribution in [1.29, 1.82) is 0 Å². The molecule has 2 unspecified atom stereocenters. The van der Waals surface area contributed by atoms with Crippen molar-refractivity contribution >= 4 is 11.6 Å². The van der Waals surface area contributed by atoms with Gasteiger partial charge in [0.05, 0.1) is 5.38 Å². The van der Waals surface area contributed by atoms with Gasteiger partial charge in [-0.25, -0.2) is 0 Å². The molecule has 0 aliphatic rings. The van der Waals surface area contributed by atoms with Gasteiger partial charge in [0.15, 0.2) is 0 Å². The van der Waals surface area contributed by atoms with Gasteiger partial charge < -0.3 is 4.74 Å². The van der Waals surface area contributed by atoms with E-state index >= 15 is 0 Å². The summed E-state index contributed by atoms with van der Waals surface area (Å²) in [6.45, 7) is 8.30. The Hall–Kier alpha value is -0.530. The van der Waals surface area contributed by atoms with E-state index in [2.05, 4.69) is 32.9 Å². The molecule has 1 rings (SSSR count). The highest BCUT2D eigenvalue weighted by Crippen LogP contribution is 2.30. The third-order valence-corrected chi connectivity index (χ3v) is 3.86. The third kappa shape index (κ3) is 5.88. The Kier molecular flexibility index (Phi) is 7.38. The van der Waals surface area contributed by atoms with Gasteiger partial charge >= 0.3 is 0 Å². The van der Waals surface area contributed by atoms with Crippen LogP contribution >= 0.6 is 11.6 Å². The number of hydrogen-bond acceptors (Lipinski definition) is 1. The summed E-state index contributed by atoms with van der Waals surface area (Å²) >= 11 is 6.46. The summed E-state index contributed by atoms with van der Waals surface area (Å²) in [7, 11) is 0. The lowest BCUT2D eigenvalue weighted by atomic mass is 9.98. The van der Waals surface area contributed by atoms with Gasteiger partial charge in [-0.1, -0.05) is 51.1 Å². The Morgan fingerprint density at radius 1 is 1.00 bits per heavy atom. The second-order valence-corrected chi connectivity index (χ2v) is 5.84. The van der Waals surface area contributed by atoms with Crippen molar-refractivity contribution in [3.8, 4) is 0 Å². The molecule has 0 aromatic heterocycles. The van der Waals surface area contributed by atoms with Crippen LogP contribution in [-0.4, -0.2) is 13.2 Å². The van der Waals surface area contributed by atoms with Crippen molar-refractivity contribution in [1.82, 2.24) is 0 Å². The first-order chi connectivity index (χ1) is 8.61. The number of ether oxygens (including phenoxy) is 1. The van der Waals surface area contributed by atoms with Crippen molar-refractivity contribution in [2.45, 2.75) is 39.0 Å². The zero-order valence-corrected chi connectivity index (χ0v) is 12.5. The molecule has 2 atom stereocenters. The molecule has 0 spiro atoms. The van der Waals surface area contributed by atoms with E-state index in [1.165, 1.54) is 5.56 Å². The molecule has 0 heterocycles. The SMILES string of the molecule is CC(C)CCOCCC(C)C(Cl)c1ccccc1. The smallest absolute Gasteiger partial charge is 0.0611 e. The van der Waals surface area contributed by atoms with Crippen LogP contribution in [0.1, 0.15) is 44.6 Å². The molecule has 102 valence electrons. The third-order valence-electron chi connectivity index (χ3n) is 3.17. The van der Waals surface area contributed by atoms with Crippen LogP contribution in [0, 0.1) is 11.8 Å². The minimum Gasteiger partial charge on any atom is -0.381 e. The van der Waals surface area contributed by atoms with Crippen LogP contribution in [0.2, 0.25) is 0 Å². The second kappa shape index (κ2) is 8.55. The molecule has 0 N–H and O–H groups in total. The van der Waals surface area contributed by atoms with Crippen molar-refractivity contribution in [3.63, 3.8) is 0 Å². The molecule has 1 aromatic rings. The highest BCUT2D eigenvalue weighted by molar-refractivity contribution is 6.20. The predicted molar refractivity (Wildman–Crippen MR) is 79.1 cm³/mol. The van der Waals surface area contributed by atoms with Crippen LogP contribution in [-0.2, 0) is 4.74 Å². The van der Waals surface area contributed by atoms with E-state index in [4.69, 9.17) is 16.3 Å². The maximum atomic E-state index is 6.46. The minimum atomic E-state index is 0.0832. The fraction of sp³-hybridized carbons (Fsp3) is 0.625. The minimum absolute atomic E-state index is 0.0832. The van der Waals surface area contributed by atoms with Crippen molar-refractivity contribution < 1.29 is 4.74 Å². The summed E-state index contributed by atoms with van der Waals surface area (Å²) in [5.41, 5.74) is 1.20. The predicted octanol–water partition coefficient (Wildman–Crippen LogP) is 5.06. The molecule has 18 heavy (non-hydrogen) atoms. The van der Waals surface area contributed by atoms with Crippen LogP contribution in [0.3, 0.4) is 0 Å². The van der Waals surface area contributed by atoms with Crippen LogP contribution in [0.4, 0.5) is 0 Å². The van der Waals surface area contributed by atoms with Gasteiger partial charge in [-0.05, 0) is 30.2 Å². The zero-order valence-electron chi connectivity index (χ0n) is 11.7. The van der Waals surface area contributed by atoms with E-state index in [-0.39, 0.29) is 5.38 Å². The molecule has 0 saturated heterocycles. The molecule has 0 saturated carbocycles. The standard InChI is InChI=1S/C16H25ClO/c1-13(2)9-11-18-12-10-14(3)16(17)15-7-5-4-6-8-15/h4-8,13-14,16H,9-12H2,1-3H3. The molecule has 0 fully saturated rings. The van der Waals surface area contributed by atoms with Gasteiger partial charge in [0.1, 0.15) is 0 Å². The van der Waals surface area contributed by atoms with E-state index in [9.17, 15) is 0 Å². The van der Waals surface area contributed by atoms with Gasteiger partial charge in [0.2, 0.25) is 0 Å². The normalized spacial score (nSPS) is 14.7. The first-order valence-electron chi connectivity index (χ1n) is 6.88. The molecule has 0 radical (unpaired) electrons. The Labute approximate surface area is 116 Å². The molecular weight excluding hydrogens is 244 g/mol. The quantitative estimate of drug-likeness (QED) is 0.473. The van der Waals surface area contributed by atoms with E-state index < -0.39 is 0 Å². The fourth-order valence-corrected chi connectivity index (χ4v) is 2.07. The average molecular weight is 269 g/mol. The fourth-order valence-electron chi connectivity index (χ4n) is 1.80. The first kappa shape index (κ1) is 15.5. The average Bonchev–Trinajstić information content (AvgIpc) is 2.38. The Bertz CT molecular complexity index is 310. The summed E-state index contributed by atoms with van der Waals surface area (Å²) in [6.07, 6.45) is 2.15. The Morgan fingerprint density at radius 2 is 1.61 bits per heavy atom. The lowest BCUT2D eigenvalue weighted by molar-refractivity contribution is 0.112. The van der Waals surface area contributed by atoms with Crippen LogP contribution in [0.25, 0.3) is 0 Å². The lowest BCUT2D eigenvalue weighted by Crippen LogP contribution is -2.09. The zero-order chi connectivity index (χ0) is 13.4. The highest BCUT2D eigenvalue weighted by atomic mass is 35.5. The number of benzene rings is 1. The largest absolute Gasteiger partial charge is 0.381 e. The maximum absolute atomic E-state index is 6.46. The number of hydrogen-bond donors (Lipinski definition) is 0. The van der Waals surface area contributed by atoms with Gasteiger partial charge in [0, 0.05) is 13.2 Å². The van der Waals surface area contributed by atoms with Gasteiger partial charge in [0.25, 0.3) is 0 Å². The van der Waals surface area contributed by atoms with Crippen molar-refractivity contribution in [3.05, 3.63) is 35.9 Å². The summed E-state index contributed by atoms with van der Waals surface area (Å²) in [6, 6.07) is 10.3. The van der Waals surface area contributed by atoms with Crippen LogP contribution in [0.5, 0.6) is 0 Å². The topological polar surface area (TPSA) is 9.23 Å². The van der Waals surface area contributed by atoms with Gasteiger partial charge in [-0.15, -0.1) is 11.6 Å². The molecular formula is C16H25ClO. The molecule has 1 nitrogen and oxygen atoms in total. The number of rotatable bonds is 8. The van der Waals surface area contributed by atoms with E-state index in [0.29, 0.717) is 11.8 Å². The first-order valence-corrected chi connectivity index (χ1v) is 7.31. The van der Waals surface area contributed by atoms with Gasteiger partial charge in [-0.3, -0.25) is 0 Å². The van der Waals surface area contributed by atoms with Crippen molar-refractivity contribution in [2.24, 2.45) is 11.8 Å². The van der Waals surface area contributed by atoms with E-state index in [1.807, 2.05) is 18.2 Å².